The fraction of sp³-hybridized carbons (Fsp3) is 0.529. The molecular formula is C17H17F7N2O3. The van der Waals surface area contributed by atoms with Gasteiger partial charge in [-0.15, -0.1) is 0 Å². The Kier molecular flexibility index (Phi) is 6.76. The van der Waals surface area contributed by atoms with E-state index < -0.39 is 35.6 Å². The normalized spacial score (nSPS) is 23.8. The number of nitrogens with one attached hydrogen (secondary N) is 1. The van der Waals surface area contributed by atoms with Crippen molar-refractivity contribution in [2.24, 2.45) is 5.92 Å². The number of amides is 1. The van der Waals surface area contributed by atoms with E-state index in [9.17, 15) is 35.5 Å². The molecule has 0 aromatic heterocycles. The number of carbonyl (C=O) groups excluding carboxylic acids is 1. The Morgan fingerprint density at radius 3 is 2.00 bits per heavy atom. The zero-order chi connectivity index (χ0) is 22.0. The molecule has 5 nitrogen and oxygen atoms in total. The van der Waals surface area contributed by atoms with Gasteiger partial charge in [-0.05, 0) is 50.0 Å². The third kappa shape index (κ3) is 6.05. The lowest BCUT2D eigenvalue weighted by Crippen LogP contribution is -2.57. The second kappa shape index (κ2) is 8.56. The first-order valence-corrected chi connectivity index (χ1v) is 8.49. The number of carboxylic acid groups (broad SMARTS) is 1. The minimum atomic E-state index is -5.08. The molecule has 3 heterocycles. The molecular weight excluding hydrogens is 413 g/mol. The molecule has 0 radical (unpaired) electrons. The summed E-state index contributed by atoms with van der Waals surface area (Å²) in [5.41, 5.74) is -1.44. The van der Waals surface area contributed by atoms with Crippen molar-refractivity contribution in [3.8, 4) is 0 Å². The standard InChI is InChI=1S/C15H16F4N2O.C2HF3O2/c16-12-7-10(15(17,18)19)1-2-11(12)14(22)20-13-8-21-5-3-9(13)4-6-21;3-2(4,5)1(6)7/h1-2,7,9,13H,3-6,8H2,(H,20,22);(H,6,7)/t13-;/m1./s1. The Hall–Kier alpha value is -2.37. The van der Waals surface area contributed by atoms with Gasteiger partial charge in [0.2, 0.25) is 0 Å². The summed E-state index contributed by atoms with van der Waals surface area (Å²) in [6.07, 6.45) is -7.73. The van der Waals surface area contributed by atoms with Gasteiger partial charge in [0.15, 0.2) is 0 Å². The first kappa shape index (κ1) is 22.9. The van der Waals surface area contributed by atoms with Gasteiger partial charge < -0.3 is 15.3 Å². The van der Waals surface area contributed by atoms with Crippen LogP contribution in [0.2, 0.25) is 0 Å². The average molecular weight is 430 g/mol. The molecule has 2 bridgehead atoms. The van der Waals surface area contributed by atoms with Crippen LogP contribution in [-0.2, 0) is 11.0 Å². The van der Waals surface area contributed by atoms with Crippen LogP contribution in [0.4, 0.5) is 30.7 Å². The number of alkyl halides is 6. The van der Waals surface area contributed by atoms with Crippen molar-refractivity contribution in [1.29, 1.82) is 0 Å². The quantitative estimate of drug-likeness (QED) is 0.707. The van der Waals surface area contributed by atoms with Crippen molar-refractivity contribution in [3.05, 3.63) is 35.1 Å². The number of hydrogen-bond donors (Lipinski definition) is 2. The van der Waals surface area contributed by atoms with Crippen LogP contribution in [0.1, 0.15) is 28.8 Å². The van der Waals surface area contributed by atoms with Gasteiger partial charge in [-0.3, -0.25) is 4.79 Å². The number of benzene rings is 1. The smallest absolute Gasteiger partial charge is 0.475 e. The number of halogens is 7. The van der Waals surface area contributed by atoms with E-state index in [4.69, 9.17) is 9.90 Å². The summed E-state index contributed by atoms with van der Waals surface area (Å²) in [5, 5.41) is 9.89. The molecule has 4 rings (SSSR count). The molecule has 29 heavy (non-hydrogen) atoms. The molecule has 2 N–H and O–H groups in total. The molecule has 12 heteroatoms. The predicted octanol–water partition coefficient (Wildman–Crippen LogP) is 3.30. The summed E-state index contributed by atoms with van der Waals surface area (Å²) in [4.78, 5) is 23.2. The fourth-order valence-electron chi connectivity index (χ4n) is 3.25. The fourth-order valence-corrected chi connectivity index (χ4v) is 3.25. The highest BCUT2D eigenvalue weighted by Crippen LogP contribution is 2.31. The van der Waals surface area contributed by atoms with Crippen LogP contribution in [0.3, 0.4) is 0 Å². The van der Waals surface area contributed by atoms with Crippen molar-refractivity contribution in [2.75, 3.05) is 19.6 Å². The SMILES string of the molecule is O=C(N[C@@H]1CN2CCC1CC2)c1ccc(C(F)(F)F)cc1F.O=C(O)C(F)(F)F. The van der Waals surface area contributed by atoms with Crippen LogP contribution in [-0.4, -0.2) is 53.7 Å². The second-order valence-corrected chi connectivity index (χ2v) is 6.71. The van der Waals surface area contributed by atoms with E-state index in [1.165, 1.54) is 0 Å². The van der Waals surface area contributed by atoms with Crippen LogP contribution >= 0.6 is 0 Å². The molecule has 3 aliphatic rings. The minimum Gasteiger partial charge on any atom is -0.475 e. The Morgan fingerprint density at radius 1 is 1.07 bits per heavy atom. The van der Waals surface area contributed by atoms with Gasteiger partial charge in [0.05, 0.1) is 11.1 Å². The number of hydrogen-bond acceptors (Lipinski definition) is 3. The maximum atomic E-state index is 13.8. The van der Waals surface area contributed by atoms with E-state index in [-0.39, 0.29) is 11.6 Å². The van der Waals surface area contributed by atoms with Crippen LogP contribution in [0, 0.1) is 11.7 Å². The summed E-state index contributed by atoms with van der Waals surface area (Å²) in [7, 11) is 0. The zero-order valence-electron chi connectivity index (χ0n) is 14.8. The molecule has 162 valence electrons. The molecule has 0 aliphatic carbocycles. The van der Waals surface area contributed by atoms with Gasteiger partial charge in [0, 0.05) is 12.6 Å². The van der Waals surface area contributed by atoms with Gasteiger partial charge in [0.25, 0.3) is 5.91 Å². The van der Waals surface area contributed by atoms with Gasteiger partial charge >= 0.3 is 18.3 Å². The van der Waals surface area contributed by atoms with Crippen molar-refractivity contribution >= 4 is 11.9 Å². The molecule has 1 amide bonds. The molecule has 1 atom stereocenters. The highest BCUT2D eigenvalue weighted by Gasteiger charge is 2.38. The van der Waals surface area contributed by atoms with Gasteiger partial charge in [-0.1, -0.05) is 0 Å². The van der Waals surface area contributed by atoms with Crippen molar-refractivity contribution in [2.45, 2.75) is 31.2 Å². The van der Waals surface area contributed by atoms with E-state index in [2.05, 4.69) is 10.2 Å². The Labute approximate surface area is 160 Å². The zero-order valence-corrected chi connectivity index (χ0v) is 14.8. The maximum absolute atomic E-state index is 13.8. The van der Waals surface area contributed by atoms with E-state index in [0.717, 1.165) is 44.6 Å². The van der Waals surface area contributed by atoms with Crippen molar-refractivity contribution in [3.63, 3.8) is 0 Å². The number of rotatable bonds is 2. The molecule has 3 fully saturated rings. The second-order valence-electron chi connectivity index (χ2n) is 6.71. The van der Waals surface area contributed by atoms with E-state index in [1.807, 2.05) is 0 Å². The van der Waals surface area contributed by atoms with Crippen LogP contribution in [0.15, 0.2) is 18.2 Å². The lowest BCUT2D eigenvalue weighted by molar-refractivity contribution is -0.192. The number of aliphatic carboxylic acids is 1. The Morgan fingerprint density at radius 2 is 1.62 bits per heavy atom. The van der Waals surface area contributed by atoms with Crippen molar-refractivity contribution in [1.82, 2.24) is 10.2 Å². The molecule has 3 aliphatic heterocycles. The molecule has 1 aromatic carbocycles. The third-order valence-corrected chi connectivity index (χ3v) is 4.76. The first-order chi connectivity index (χ1) is 13.3. The molecule has 3 saturated heterocycles. The highest BCUT2D eigenvalue weighted by atomic mass is 19.4. The van der Waals surface area contributed by atoms with Crippen LogP contribution in [0.5, 0.6) is 0 Å². The Balaban J connectivity index is 0.000000370. The summed E-state index contributed by atoms with van der Waals surface area (Å²) in [5.74, 6) is -4.18. The maximum Gasteiger partial charge on any atom is 0.490 e. The third-order valence-electron chi connectivity index (χ3n) is 4.76. The highest BCUT2D eigenvalue weighted by molar-refractivity contribution is 5.94. The van der Waals surface area contributed by atoms with E-state index in [1.54, 1.807) is 0 Å². The number of piperidine rings is 3. The van der Waals surface area contributed by atoms with Crippen LogP contribution in [0.25, 0.3) is 0 Å². The topological polar surface area (TPSA) is 69.6 Å². The number of fused-ring (bicyclic) bond motifs is 3. The van der Waals surface area contributed by atoms with E-state index >= 15 is 0 Å². The summed E-state index contributed by atoms with van der Waals surface area (Å²) in [6, 6.07) is 1.94. The predicted molar refractivity (Wildman–Crippen MR) is 85.5 cm³/mol. The number of nitrogens with zero attached hydrogens (tertiary/aromatic N) is 1. The summed E-state index contributed by atoms with van der Waals surface area (Å²) >= 11 is 0. The largest absolute Gasteiger partial charge is 0.490 e. The first-order valence-electron chi connectivity index (χ1n) is 8.49. The number of carboxylic acids is 1. The average Bonchev–Trinajstić information content (AvgIpc) is 2.61. The minimum absolute atomic E-state index is 0.0586. The van der Waals surface area contributed by atoms with Gasteiger partial charge in [-0.25, -0.2) is 9.18 Å². The van der Waals surface area contributed by atoms with Gasteiger partial charge in [-0.2, -0.15) is 26.3 Å². The molecule has 1 aromatic rings. The Bertz CT molecular complexity index is 756. The number of carbonyl (C=O) groups is 2. The van der Waals surface area contributed by atoms with Gasteiger partial charge in [0.1, 0.15) is 5.82 Å². The van der Waals surface area contributed by atoms with E-state index in [0.29, 0.717) is 12.0 Å². The van der Waals surface area contributed by atoms with Crippen molar-refractivity contribution < 1.29 is 45.4 Å². The summed E-state index contributed by atoms with van der Waals surface area (Å²) < 4.78 is 83.0. The van der Waals surface area contributed by atoms with Crippen LogP contribution < -0.4 is 5.32 Å². The lowest BCUT2D eigenvalue weighted by Gasteiger charge is -2.44. The molecule has 0 unspecified atom stereocenters. The molecule has 0 saturated carbocycles. The monoisotopic (exact) mass is 430 g/mol. The molecule has 0 spiro atoms. The summed E-state index contributed by atoms with van der Waals surface area (Å²) in [6.45, 7) is 2.73. The lowest BCUT2D eigenvalue weighted by atomic mass is 9.84.